The number of amides is 2. The first-order valence-electron chi connectivity index (χ1n) is 16.2. The van der Waals surface area contributed by atoms with Crippen molar-refractivity contribution in [3.63, 3.8) is 0 Å². The molecule has 2 aliphatic heterocycles. The first kappa shape index (κ1) is 32.8. The molecule has 3 heterocycles. The zero-order chi connectivity index (χ0) is 32.9. The van der Waals surface area contributed by atoms with Crippen LogP contribution in [-0.4, -0.2) is 98.3 Å². The predicted molar refractivity (Wildman–Crippen MR) is 182 cm³/mol. The minimum Gasteiger partial charge on any atom is -0.350 e. The Hall–Kier alpha value is -4.16. The van der Waals surface area contributed by atoms with Gasteiger partial charge in [0.25, 0.3) is 5.91 Å². The molecule has 11 heteroatoms. The topological polar surface area (TPSA) is 115 Å². The molecule has 0 aliphatic carbocycles. The Balaban J connectivity index is 1.16. The number of benzene rings is 3. The number of carbonyl (C=O) groups excluding carboxylic acids is 2. The first-order chi connectivity index (χ1) is 22.7. The molecule has 4 aromatic rings. The summed E-state index contributed by atoms with van der Waals surface area (Å²) in [6, 6.07) is 24.6. The highest BCUT2D eigenvalue weighted by molar-refractivity contribution is 7.89. The maximum absolute atomic E-state index is 13.9. The number of likely N-dealkylation sites (tertiary alicyclic amines) is 1. The number of aromatic nitrogens is 1. The van der Waals surface area contributed by atoms with Crippen LogP contribution in [0, 0.1) is 0 Å². The Labute approximate surface area is 276 Å². The van der Waals surface area contributed by atoms with Crippen LogP contribution < -0.4 is 10.0 Å². The van der Waals surface area contributed by atoms with Gasteiger partial charge in [0.2, 0.25) is 15.9 Å². The molecule has 10 nitrogen and oxygen atoms in total. The van der Waals surface area contributed by atoms with Crippen molar-refractivity contribution in [2.45, 2.75) is 35.7 Å². The third kappa shape index (κ3) is 7.70. The number of hydrogen-bond acceptors (Lipinski definition) is 7. The van der Waals surface area contributed by atoms with Crippen molar-refractivity contribution < 1.29 is 18.0 Å². The van der Waals surface area contributed by atoms with Gasteiger partial charge in [-0.05, 0) is 60.5 Å². The maximum Gasteiger partial charge on any atom is 0.251 e. The Morgan fingerprint density at radius 2 is 1.49 bits per heavy atom. The van der Waals surface area contributed by atoms with Crippen LogP contribution in [0.4, 0.5) is 0 Å². The van der Waals surface area contributed by atoms with Gasteiger partial charge < -0.3 is 15.1 Å². The summed E-state index contributed by atoms with van der Waals surface area (Å²) in [6.07, 6.45) is 4.63. The van der Waals surface area contributed by atoms with Crippen LogP contribution in [0.1, 0.15) is 41.2 Å². The fourth-order valence-electron chi connectivity index (χ4n) is 6.71. The van der Waals surface area contributed by atoms with Crippen molar-refractivity contribution in [2.24, 2.45) is 0 Å². The predicted octanol–water partition coefficient (Wildman–Crippen LogP) is 3.68. The summed E-state index contributed by atoms with van der Waals surface area (Å²) in [7, 11) is -1.81. The normalized spacial score (nSPS) is 18.1. The number of rotatable bonds is 10. The van der Waals surface area contributed by atoms with Gasteiger partial charge in [-0.15, -0.1) is 0 Å². The minimum atomic E-state index is -3.93. The highest BCUT2D eigenvalue weighted by Crippen LogP contribution is 2.31. The molecule has 0 bridgehead atoms. The molecule has 246 valence electrons. The van der Waals surface area contributed by atoms with Crippen LogP contribution in [0.25, 0.3) is 10.8 Å². The van der Waals surface area contributed by atoms with Crippen molar-refractivity contribution in [1.29, 1.82) is 0 Å². The molecule has 47 heavy (non-hydrogen) atoms. The third-order valence-electron chi connectivity index (χ3n) is 9.65. The van der Waals surface area contributed by atoms with Crippen molar-refractivity contribution in [2.75, 3.05) is 52.9 Å². The van der Waals surface area contributed by atoms with E-state index < -0.39 is 16.1 Å². The fourth-order valence-corrected chi connectivity index (χ4v) is 7.97. The van der Waals surface area contributed by atoms with E-state index in [4.69, 9.17) is 0 Å². The van der Waals surface area contributed by atoms with Crippen LogP contribution in [0.15, 0.2) is 102 Å². The number of likely N-dealkylation sites (N-methyl/N-ethyl adjacent to an activating group) is 1. The van der Waals surface area contributed by atoms with Crippen molar-refractivity contribution in [3.05, 3.63) is 108 Å². The quantitative estimate of drug-likeness (QED) is 0.268. The van der Waals surface area contributed by atoms with E-state index in [9.17, 15) is 18.0 Å². The largest absolute Gasteiger partial charge is 0.350 e. The van der Waals surface area contributed by atoms with E-state index in [-0.39, 0.29) is 28.7 Å². The van der Waals surface area contributed by atoms with Gasteiger partial charge in [0, 0.05) is 75.7 Å². The molecule has 6 rings (SSSR count). The summed E-state index contributed by atoms with van der Waals surface area (Å²) >= 11 is 0. The Morgan fingerprint density at radius 3 is 2.19 bits per heavy atom. The summed E-state index contributed by atoms with van der Waals surface area (Å²) in [5.74, 6) is -0.239. The van der Waals surface area contributed by atoms with Gasteiger partial charge in [0.15, 0.2) is 0 Å². The van der Waals surface area contributed by atoms with E-state index >= 15 is 0 Å². The third-order valence-corrected chi connectivity index (χ3v) is 11.1. The van der Waals surface area contributed by atoms with Crippen LogP contribution in [-0.2, 0) is 14.8 Å². The molecular formula is C36H42N6O4S. The van der Waals surface area contributed by atoms with Gasteiger partial charge >= 0.3 is 0 Å². The Kier molecular flexibility index (Phi) is 9.97. The Morgan fingerprint density at radius 1 is 0.830 bits per heavy atom. The van der Waals surface area contributed by atoms with Crippen LogP contribution in [0.3, 0.4) is 0 Å². The standard InChI is InChI=1S/C36H42N6O4S/c1-40-21-23-42(24-22-40)36(27-38-35(44)30-13-17-37-18-14-30)15-19-41(20-16-36)34(43)26-33(29-8-3-2-4-9-29)39-47(45,46)32-12-11-28-7-5-6-10-31(28)25-32/h2-14,17-18,25,33,39H,15-16,19-24,26-27H2,1H3,(H,38,44). The second kappa shape index (κ2) is 14.3. The number of piperidine rings is 1. The number of carbonyl (C=O) groups is 2. The average molecular weight is 655 g/mol. The van der Waals surface area contributed by atoms with Gasteiger partial charge in [0.1, 0.15) is 0 Å². The first-order valence-corrected chi connectivity index (χ1v) is 17.7. The lowest BCUT2D eigenvalue weighted by molar-refractivity contribution is -0.134. The van der Waals surface area contributed by atoms with E-state index in [2.05, 4.69) is 31.9 Å². The molecule has 2 amide bonds. The lowest BCUT2D eigenvalue weighted by atomic mass is 9.84. The smallest absolute Gasteiger partial charge is 0.251 e. The number of pyridine rings is 1. The van der Waals surface area contributed by atoms with Gasteiger partial charge in [-0.1, -0.05) is 60.7 Å². The fraction of sp³-hybridized carbons (Fsp3) is 0.361. The summed E-state index contributed by atoms with van der Waals surface area (Å²) in [5, 5.41) is 4.95. The monoisotopic (exact) mass is 654 g/mol. The average Bonchev–Trinajstić information content (AvgIpc) is 3.11. The SMILES string of the molecule is CN1CCN(C2(CNC(=O)c3ccncc3)CCN(C(=O)CC(NS(=O)(=O)c3ccc4ccccc4c3)c3ccccc3)CC2)CC1. The highest BCUT2D eigenvalue weighted by Gasteiger charge is 2.42. The van der Waals surface area contributed by atoms with E-state index in [0.717, 1.165) is 42.5 Å². The second-order valence-electron chi connectivity index (χ2n) is 12.6. The van der Waals surface area contributed by atoms with Crippen LogP contribution >= 0.6 is 0 Å². The second-order valence-corrected chi connectivity index (χ2v) is 14.3. The molecule has 2 N–H and O–H groups in total. The number of nitrogens with one attached hydrogen (secondary N) is 2. The van der Waals surface area contributed by atoms with Gasteiger partial charge in [0.05, 0.1) is 10.9 Å². The van der Waals surface area contributed by atoms with Crippen LogP contribution in [0.5, 0.6) is 0 Å². The molecule has 2 aliphatic rings. The molecule has 2 saturated heterocycles. The summed E-state index contributed by atoms with van der Waals surface area (Å²) in [4.78, 5) is 37.6. The zero-order valence-corrected chi connectivity index (χ0v) is 27.5. The van der Waals surface area contributed by atoms with Crippen molar-refractivity contribution >= 4 is 32.6 Å². The molecule has 1 unspecified atom stereocenters. The van der Waals surface area contributed by atoms with Crippen molar-refractivity contribution in [3.8, 4) is 0 Å². The molecule has 1 aromatic heterocycles. The summed E-state index contributed by atoms with van der Waals surface area (Å²) in [6.45, 7) is 5.20. The number of fused-ring (bicyclic) bond motifs is 1. The van der Waals surface area contributed by atoms with E-state index in [1.54, 1.807) is 42.7 Å². The molecule has 2 fully saturated rings. The summed E-state index contributed by atoms with van der Waals surface area (Å²) in [5.41, 5.74) is 1.02. The van der Waals surface area contributed by atoms with E-state index in [1.807, 2.05) is 59.5 Å². The van der Waals surface area contributed by atoms with E-state index in [1.165, 1.54) is 0 Å². The number of sulfonamides is 1. The van der Waals surface area contributed by atoms with E-state index in [0.29, 0.717) is 38.0 Å². The molecule has 0 saturated carbocycles. The molecular weight excluding hydrogens is 613 g/mol. The highest BCUT2D eigenvalue weighted by atomic mass is 32.2. The maximum atomic E-state index is 13.9. The molecule has 0 radical (unpaired) electrons. The van der Waals surface area contributed by atoms with Gasteiger partial charge in [-0.25, -0.2) is 13.1 Å². The van der Waals surface area contributed by atoms with Crippen molar-refractivity contribution in [1.82, 2.24) is 29.7 Å². The van der Waals surface area contributed by atoms with Gasteiger partial charge in [-0.3, -0.25) is 19.5 Å². The molecule has 0 spiro atoms. The number of piperazine rings is 1. The zero-order valence-electron chi connectivity index (χ0n) is 26.7. The number of hydrogen-bond donors (Lipinski definition) is 2. The molecule has 3 aromatic carbocycles. The minimum absolute atomic E-state index is 0.00286. The lowest BCUT2D eigenvalue weighted by Crippen LogP contribution is -2.64. The molecule has 1 atom stereocenters. The lowest BCUT2D eigenvalue weighted by Gasteiger charge is -2.51. The Bertz CT molecular complexity index is 1790. The summed E-state index contributed by atoms with van der Waals surface area (Å²) < 4.78 is 30.1. The van der Waals surface area contributed by atoms with Gasteiger partial charge in [-0.2, -0.15) is 0 Å². The number of nitrogens with zero attached hydrogens (tertiary/aromatic N) is 4. The van der Waals surface area contributed by atoms with Crippen LogP contribution in [0.2, 0.25) is 0 Å².